The van der Waals surface area contributed by atoms with Gasteiger partial charge >= 0.3 is 0 Å². The van der Waals surface area contributed by atoms with E-state index in [9.17, 15) is 5.11 Å². The summed E-state index contributed by atoms with van der Waals surface area (Å²) < 4.78 is 0. The summed E-state index contributed by atoms with van der Waals surface area (Å²) in [6.07, 6.45) is 7.81. The molecule has 2 aliphatic carbocycles. The van der Waals surface area contributed by atoms with Crippen molar-refractivity contribution in [2.24, 2.45) is 0 Å². The van der Waals surface area contributed by atoms with Crippen LogP contribution in [0.3, 0.4) is 0 Å². The average Bonchev–Trinajstić information content (AvgIpc) is 2.27. The van der Waals surface area contributed by atoms with Crippen LogP contribution in [0.15, 0.2) is 18.2 Å². The van der Waals surface area contributed by atoms with Gasteiger partial charge in [0.15, 0.2) is 0 Å². The van der Waals surface area contributed by atoms with E-state index >= 15 is 0 Å². The fourth-order valence-electron chi connectivity index (χ4n) is 3.02. The lowest BCUT2D eigenvalue weighted by molar-refractivity contribution is 0.326. The van der Waals surface area contributed by atoms with Gasteiger partial charge in [-0.15, -0.1) is 0 Å². The number of aromatic hydroxyl groups is 1. The van der Waals surface area contributed by atoms with E-state index in [0.717, 1.165) is 12.6 Å². The quantitative estimate of drug-likeness (QED) is 0.838. The number of rotatable bonds is 3. The number of nitrogens with one attached hydrogen (secondary N) is 1. The molecule has 0 amide bonds. The van der Waals surface area contributed by atoms with E-state index < -0.39 is 0 Å². The molecule has 0 heterocycles. The van der Waals surface area contributed by atoms with Crippen molar-refractivity contribution in [3.63, 3.8) is 0 Å². The molecular weight excluding hydrogens is 210 g/mol. The van der Waals surface area contributed by atoms with Crippen molar-refractivity contribution < 1.29 is 5.11 Å². The second kappa shape index (κ2) is 4.69. The Balaban J connectivity index is 1.71. The molecule has 1 fully saturated rings. The van der Waals surface area contributed by atoms with Crippen molar-refractivity contribution >= 4 is 0 Å². The Morgan fingerprint density at radius 1 is 1.18 bits per heavy atom. The zero-order valence-electron chi connectivity index (χ0n) is 10.3. The van der Waals surface area contributed by atoms with Crippen LogP contribution in [-0.2, 0) is 6.42 Å². The third kappa shape index (κ3) is 2.32. The minimum Gasteiger partial charge on any atom is -0.508 e. The maximum absolute atomic E-state index is 9.62. The molecule has 0 aliphatic heterocycles. The smallest absolute Gasteiger partial charge is 0.115 e. The lowest BCUT2D eigenvalue weighted by Gasteiger charge is -2.31. The summed E-state index contributed by atoms with van der Waals surface area (Å²) in [5, 5.41) is 13.3. The van der Waals surface area contributed by atoms with Gasteiger partial charge < -0.3 is 10.4 Å². The number of benzene rings is 1. The Labute approximate surface area is 103 Å². The van der Waals surface area contributed by atoms with Crippen molar-refractivity contribution in [2.45, 2.75) is 50.5 Å². The molecule has 0 spiro atoms. The molecule has 2 heteroatoms. The van der Waals surface area contributed by atoms with Gasteiger partial charge in [0.1, 0.15) is 5.75 Å². The molecule has 2 aliphatic rings. The summed E-state index contributed by atoms with van der Waals surface area (Å²) in [6, 6.07) is 6.65. The van der Waals surface area contributed by atoms with E-state index in [0.29, 0.717) is 11.7 Å². The molecule has 1 aromatic rings. The largest absolute Gasteiger partial charge is 0.508 e. The average molecular weight is 231 g/mol. The lowest BCUT2D eigenvalue weighted by Crippen LogP contribution is -2.38. The number of hydrogen-bond donors (Lipinski definition) is 2. The summed E-state index contributed by atoms with van der Waals surface area (Å²) in [6.45, 7) is 1.08. The Bertz CT molecular complexity index is 398. The maximum Gasteiger partial charge on any atom is 0.115 e. The van der Waals surface area contributed by atoms with Gasteiger partial charge in [-0.3, -0.25) is 0 Å². The van der Waals surface area contributed by atoms with Gasteiger partial charge in [-0.1, -0.05) is 12.5 Å². The molecule has 17 heavy (non-hydrogen) atoms. The van der Waals surface area contributed by atoms with Crippen molar-refractivity contribution in [3.05, 3.63) is 29.3 Å². The molecule has 1 saturated carbocycles. The SMILES string of the molecule is Oc1ccc2c(c1)C(CNC1CCC1)CCC2. The van der Waals surface area contributed by atoms with Gasteiger partial charge in [-0.05, 0) is 61.3 Å². The highest BCUT2D eigenvalue weighted by atomic mass is 16.3. The van der Waals surface area contributed by atoms with Crippen LogP contribution in [0.1, 0.15) is 49.1 Å². The first kappa shape index (κ1) is 11.1. The summed E-state index contributed by atoms with van der Waals surface area (Å²) in [7, 11) is 0. The highest BCUT2D eigenvalue weighted by Gasteiger charge is 2.23. The van der Waals surface area contributed by atoms with Gasteiger partial charge in [-0.25, -0.2) is 0 Å². The summed E-state index contributed by atoms with van der Waals surface area (Å²) in [4.78, 5) is 0. The Kier molecular flexibility index (Phi) is 3.06. The van der Waals surface area contributed by atoms with Crippen molar-refractivity contribution in [2.75, 3.05) is 6.54 Å². The second-order valence-corrected chi connectivity index (χ2v) is 5.51. The number of phenols is 1. The normalized spacial score (nSPS) is 24.1. The van der Waals surface area contributed by atoms with E-state index in [1.165, 1.54) is 49.7 Å². The molecule has 0 saturated heterocycles. The highest BCUT2D eigenvalue weighted by Crippen LogP contribution is 2.33. The van der Waals surface area contributed by atoms with Crippen LogP contribution in [-0.4, -0.2) is 17.7 Å². The summed E-state index contributed by atoms with van der Waals surface area (Å²) in [5.74, 6) is 1.02. The van der Waals surface area contributed by atoms with Crippen molar-refractivity contribution in [1.29, 1.82) is 0 Å². The van der Waals surface area contributed by atoms with E-state index in [-0.39, 0.29) is 0 Å². The first-order valence-electron chi connectivity index (χ1n) is 6.88. The zero-order valence-corrected chi connectivity index (χ0v) is 10.3. The van der Waals surface area contributed by atoms with E-state index in [4.69, 9.17) is 0 Å². The van der Waals surface area contributed by atoms with Crippen LogP contribution in [0.2, 0.25) is 0 Å². The highest BCUT2D eigenvalue weighted by molar-refractivity contribution is 5.39. The van der Waals surface area contributed by atoms with Gasteiger partial charge in [-0.2, -0.15) is 0 Å². The van der Waals surface area contributed by atoms with E-state index in [1.54, 1.807) is 0 Å². The van der Waals surface area contributed by atoms with Crippen LogP contribution >= 0.6 is 0 Å². The lowest BCUT2D eigenvalue weighted by atomic mass is 9.82. The predicted octanol–water partition coefficient (Wildman–Crippen LogP) is 2.95. The summed E-state index contributed by atoms with van der Waals surface area (Å²) >= 11 is 0. The Hall–Kier alpha value is -1.02. The van der Waals surface area contributed by atoms with Gasteiger partial charge in [0, 0.05) is 12.6 Å². The molecule has 92 valence electrons. The molecule has 1 unspecified atom stereocenters. The molecule has 0 bridgehead atoms. The first-order valence-corrected chi connectivity index (χ1v) is 6.88. The Morgan fingerprint density at radius 3 is 2.82 bits per heavy atom. The van der Waals surface area contributed by atoms with Crippen molar-refractivity contribution in [3.8, 4) is 5.75 Å². The molecule has 1 atom stereocenters. The van der Waals surface area contributed by atoms with Crippen LogP contribution in [0, 0.1) is 0 Å². The van der Waals surface area contributed by atoms with Crippen LogP contribution in [0.5, 0.6) is 5.75 Å². The second-order valence-electron chi connectivity index (χ2n) is 5.51. The fraction of sp³-hybridized carbons (Fsp3) is 0.600. The third-order valence-corrected chi connectivity index (χ3v) is 4.33. The summed E-state index contributed by atoms with van der Waals surface area (Å²) in [5.41, 5.74) is 2.82. The molecular formula is C15H21NO. The first-order chi connectivity index (χ1) is 8.33. The predicted molar refractivity (Wildman–Crippen MR) is 69.4 cm³/mol. The van der Waals surface area contributed by atoms with Gasteiger partial charge in [0.2, 0.25) is 0 Å². The molecule has 2 nitrogen and oxygen atoms in total. The molecule has 1 aromatic carbocycles. The maximum atomic E-state index is 9.62. The third-order valence-electron chi connectivity index (χ3n) is 4.33. The standard InChI is InChI=1S/C15H21NO/c17-14-8-7-11-3-1-4-12(15(11)9-14)10-16-13-5-2-6-13/h7-9,12-13,16-17H,1-6,10H2. The zero-order chi connectivity index (χ0) is 11.7. The van der Waals surface area contributed by atoms with E-state index in [2.05, 4.69) is 11.4 Å². The van der Waals surface area contributed by atoms with Crippen LogP contribution < -0.4 is 5.32 Å². The molecule has 2 N–H and O–H groups in total. The van der Waals surface area contributed by atoms with Gasteiger partial charge in [0.25, 0.3) is 0 Å². The number of hydrogen-bond acceptors (Lipinski definition) is 2. The monoisotopic (exact) mass is 231 g/mol. The molecule has 3 rings (SSSR count). The number of fused-ring (bicyclic) bond motifs is 1. The van der Waals surface area contributed by atoms with Crippen molar-refractivity contribution in [1.82, 2.24) is 5.32 Å². The Morgan fingerprint density at radius 2 is 2.06 bits per heavy atom. The van der Waals surface area contributed by atoms with Crippen LogP contribution in [0.25, 0.3) is 0 Å². The fourth-order valence-corrected chi connectivity index (χ4v) is 3.02. The van der Waals surface area contributed by atoms with E-state index in [1.807, 2.05) is 12.1 Å². The topological polar surface area (TPSA) is 32.3 Å². The molecule has 0 aromatic heterocycles. The minimum absolute atomic E-state index is 0.416. The molecule has 0 radical (unpaired) electrons. The number of phenolic OH excluding ortho intramolecular Hbond substituents is 1. The van der Waals surface area contributed by atoms with Gasteiger partial charge in [0.05, 0.1) is 0 Å². The number of aryl methyl sites for hydroxylation is 1. The van der Waals surface area contributed by atoms with Crippen LogP contribution in [0.4, 0.5) is 0 Å². The minimum atomic E-state index is 0.416.